The third-order valence-electron chi connectivity index (χ3n) is 6.67. The van der Waals surface area contributed by atoms with Crippen molar-refractivity contribution in [3.8, 4) is 5.75 Å². The van der Waals surface area contributed by atoms with Gasteiger partial charge in [-0.05, 0) is 55.0 Å². The minimum atomic E-state index is -0.319. The summed E-state index contributed by atoms with van der Waals surface area (Å²) in [5.41, 5.74) is 1.63. The number of ether oxygens (including phenoxy) is 1. The zero-order chi connectivity index (χ0) is 22.6. The van der Waals surface area contributed by atoms with Crippen molar-refractivity contribution in [1.29, 1.82) is 0 Å². The molecule has 2 aromatic rings. The lowest BCUT2D eigenvalue weighted by Gasteiger charge is -2.33. The van der Waals surface area contributed by atoms with Gasteiger partial charge in [0.15, 0.2) is 17.5 Å². The topological polar surface area (TPSA) is 48.9 Å². The van der Waals surface area contributed by atoms with E-state index in [0.29, 0.717) is 12.6 Å². The number of nitrogens with one attached hydrogen (secondary N) is 2. The van der Waals surface area contributed by atoms with Crippen LogP contribution in [0.25, 0.3) is 0 Å². The lowest BCUT2D eigenvalue weighted by Crippen LogP contribution is -2.49. The van der Waals surface area contributed by atoms with Crippen molar-refractivity contribution in [3.63, 3.8) is 0 Å². The van der Waals surface area contributed by atoms with Crippen molar-refractivity contribution in [2.75, 3.05) is 33.8 Å². The van der Waals surface area contributed by atoms with Crippen molar-refractivity contribution in [2.24, 2.45) is 4.99 Å². The molecule has 0 atom stereocenters. The molecule has 0 spiro atoms. The maximum absolute atomic E-state index is 14.3. The SMILES string of the molecule is CN=C(NCC1(c2ccccc2F)CC1)NC1CCN(Cc2ccc(OC)c(F)c2)CC1. The molecule has 1 heterocycles. The summed E-state index contributed by atoms with van der Waals surface area (Å²) in [5.74, 6) is 0.598. The lowest BCUT2D eigenvalue weighted by atomic mass is 9.95. The predicted octanol–water partition coefficient (Wildman–Crippen LogP) is 3.83. The summed E-state index contributed by atoms with van der Waals surface area (Å²) < 4.78 is 33.2. The molecule has 2 N–H and O–H groups in total. The molecule has 172 valence electrons. The van der Waals surface area contributed by atoms with E-state index in [0.717, 1.165) is 62.4 Å². The Labute approximate surface area is 188 Å². The molecular formula is C25H32F2N4O. The Morgan fingerprint density at radius 1 is 1.12 bits per heavy atom. The molecule has 2 aliphatic rings. The van der Waals surface area contributed by atoms with Gasteiger partial charge in [-0.3, -0.25) is 9.89 Å². The van der Waals surface area contributed by atoms with Crippen LogP contribution in [0.15, 0.2) is 47.5 Å². The maximum Gasteiger partial charge on any atom is 0.191 e. The van der Waals surface area contributed by atoms with Crippen LogP contribution in [0.1, 0.15) is 36.8 Å². The number of methoxy groups -OCH3 is 1. The number of guanidine groups is 1. The summed E-state index contributed by atoms with van der Waals surface area (Å²) in [4.78, 5) is 6.72. The molecule has 0 radical (unpaired) electrons. The molecule has 0 unspecified atom stereocenters. The summed E-state index contributed by atoms with van der Waals surface area (Å²) in [7, 11) is 3.24. The Bertz CT molecular complexity index is 953. The van der Waals surface area contributed by atoms with Gasteiger partial charge in [0.1, 0.15) is 5.82 Å². The van der Waals surface area contributed by atoms with Gasteiger partial charge in [-0.15, -0.1) is 0 Å². The Morgan fingerprint density at radius 3 is 2.50 bits per heavy atom. The lowest BCUT2D eigenvalue weighted by molar-refractivity contribution is 0.198. The van der Waals surface area contributed by atoms with E-state index in [9.17, 15) is 8.78 Å². The number of nitrogens with zero attached hydrogens (tertiary/aromatic N) is 2. The van der Waals surface area contributed by atoms with E-state index < -0.39 is 0 Å². The number of likely N-dealkylation sites (tertiary alicyclic amines) is 1. The minimum Gasteiger partial charge on any atom is -0.494 e. The first-order valence-corrected chi connectivity index (χ1v) is 11.3. The highest BCUT2D eigenvalue weighted by molar-refractivity contribution is 5.80. The van der Waals surface area contributed by atoms with Gasteiger partial charge in [-0.1, -0.05) is 24.3 Å². The second-order valence-electron chi connectivity index (χ2n) is 8.85. The molecule has 32 heavy (non-hydrogen) atoms. The highest BCUT2D eigenvalue weighted by atomic mass is 19.1. The van der Waals surface area contributed by atoms with Crippen LogP contribution >= 0.6 is 0 Å². The molecule has 0 bridgehead atoms. The monoisotopic (exact) mass is 442 g/mol. The Kier molecular flexibility index (Phi) is 6.94. The van der Waals surface area contributed by atoms with Crippen molar-refractivity contribution in [3.05, 3.63) is 65.2 Å². The zero-order valence-electron chi connectivity index (χ0n) is 18.8. The minimum absolute atomic E-state index is 0.125. The molecule has 1 aliphatic heterocycles. The van der Waals surface area contributed by atoms with Gasteiger partial charge in [0, 0.05) is 44.7 Å². The van der Waals surface area contributed by atoms with Gasteiger partial charge in [0.05, 0.1) is 7.11 Å². The molecule has 1 saturated carbocycles. The molecular weight excluding hydrogens is 410 g/mol. The average molecular weight is 443 g/mol. The van der Waals surface area contributed by atoms with Crippen LogP contribution in [-0.4, -0.2) is 50.7 Å². The number of piperidine rings is 1. The normalized spacial score (nSPS) is 18.9. The number of hydrogen-bond acceptors (Lipinski definition) is 3. The van der Waals surface area contributed by atoms with E-state index in [1.807, 2.05) is 18.2 Å². The van der Waals surface area contributed by atoms with E-state index in [1.165, 1.54) is 13.2 Å². The molecule has 0 amide bonds. The number of benzene rings is 2. The second kappa shape index (κ2) is 9.86. The highest BCUT2D eigenvalue weighted by Gasteiger charge is 2.45. The molecule has 1 saturated heterocycles. The van der Waals surface area contributed by atoms with Crippen LogP contribution in [0.5, 0.6) is 5.75 Å². The fourth-order valence-electron chi connectivity index (χ4n) is 4.53. The van der Waals surface area contributed by atoms with Crippen LogP contribution in [0.2, 0.25) is 0 Å². The number of halogens is 2. The largest absolute Gasteiger partial charge is 0.494 e. The number of rotatable bonds is 7. The van der Waals surface area contributed by atoms with Crippen molar-refractivity contribution in [2.45, 2.75) is 43.7 Å². The second-order valence-corrected chi connectivity index (χ2v) is 8.85. The molecule has 7 heteroatoms. The van der Waals surface area contributed by atoms with Crippen LogP contribution in [0.3, 0.4) is 0 Å². The quantitative estimate of drug-likeness (QED) is 0.505. The zero-order valence-corrected chi connectivity index (χ0v) is 18.8. The fourth-order valence-corrected chi connectivity index (χ4v) is 4.53. The Hall–Kier alpha value is -2.67. The third-order valence-corrected chi connectivity index (χ3v) is 6.67. The van der Waals surface area contributed by atoms with Crippen molar-refractivity contribution in [1.82, 2.24) is 15.5 Å². The number of aliphatic imine (C=N–C) groups is 1. The molecule has 1 aliphatic carbocycles. The van der Waals surface area contributed by atoms with E-state index in [4.69, 9.17) is 4.74 Å². The molecule has 4 rings (SSSR count). The van der Waals surface area contributed by atoms with E-state index in [1.54, 1.807) is 25.2 Å². The summed E-state index contributed by atoms with van der Waals surface area (Å²) in [6, 6.07) is 12.6. The van der Waals surface area contributed by atoms with E-state index in [-0.39, 0.29) is 22.8 Å². The van der Waals surface area contributed by atoms with Crippen LogP contribution in [-0.2, 0) is 12.0 Å². The fraction of sp³-hybridized carbons (Fsp3) is 0.480. The summed E-state index contributed by atoms with van der Waals surface area (Å²) >= 11 is 0. The average Bonchev–Trinajstić information content (AvgIpc) is 3.59. The first kappa shape index (κ1) is 22.5. The van der Waals surface area contributed by atoms with E-state index >= 15 is 0 Å². The molecule has 2 fully saturated rings. The molecule has 0 aromatic heterocycles. The first-order chi connectivity index (χ1) is 15.5. The first-order valence-electron chi connectivity index (χ1n) is 11.3. The standard InChI is InChI=1S/C25H32F2N4O/c1-28-24(29-17-25(11-12-25)20-5-3-4-6-21(20)26)30-19-9-13-31(14-10-19)16-18-7-8-23(32-2)22(27)15-18/h3-8,15,19H,9-14,16-17H2,1-2H3,(H2,28,29,30). The Morgan fingerprint density at radius 2 is 1.88 bits per heavy atom. The van der Waals surface area contributed by atoms with E-state index in [2.05, 4.69) is 20.5 Å². The smallest absolute Gasteiger partial charge is 0.191 e. The van der Waals surface area contributed by atoms with Crippen molar-refractivity contribution >= 4 is 5.96 Å². The van der Waals surface area contributed by atoms with Gasteiger partial charge < -0.3 is 15.4 Å². The molecule has 2 aromatic carbocycles. The predicted molar refractivity (Wildman–Crippen MR) is 123 cm³/mol. The van der Waals surface area contributed by atoms with Crippen LogP contribution in [0.4, 0.5) is 8.78 Å². The summed E-state index contributed by atoms with van der Waals surface area (Å²) in [6.45, 7) is 3.27. The van der Waals surface area contributed by atoms with Crippen molar-refractivity contribution < 1.29 is 13.5 Å². The third kappa shape index (κ3) is 5.21. The molecule has 5 nitrogen and oxygen atoms in total. The van der Waals surface area contributed by atoms with Crippen LogP contribution < -0.4 is 15.4 Å². The van der Waals surface area contributed by atoms with Gasteiger partial charge in [0.25, 0.3) is 0 Å². The van der Waals surface area contributed by atoms with Gasteiger partial charge in [-0.2, -0.15) is 0 Å². The van der Waals surface area contributed by atoms with Gasteiger partial charge >= 0.3 is 0 Å². The summed E-state index contributed by atoms with van der Waals surface area (Å²) in [5, 5.41) is 6.94. The van der Waals surface area contributed by atoms with Gasteiger partial charge in [-0.25, -0.2) is 8.78 Å². The van der Waals surface area contributed by atoms with Crippen LogP contribution in [0, 0.1) is 11.6 Å². The summed E-state index contributed by atoms with van der Waals surface area (Å²) in [6.07, 6.45) is 3.94. The maximum atomic E-state index is 14.3. The Balaban J connectivity index is 1.24. The number of hydrogen-bond donors (Lipinski definition) is 2. The highest BCUT2D eigenvalue weighted by Crippen LogP contribution is 2.48. The van der Waals surface area contributed by atoms with Gasteiger partial charge in [0.2, 0.25) is 0 Å².